The second-order valence-electron chi connectivity index (χ2n) is 5.70. The Bertz CT molecular complexity index is 348. The van der Waals surface area contributed by atoms with E-state index in [0.717, 1.165) is 39.4 Å². The summed E-state index contributed by atoms with van der Waals surface area (Å²) in [5, 5.41) is 0. The molecule has 1 aromatic rings. The highest BCUT2D eigenvalue weighted by Gasteiger charge is 2.16. The molecule has 1 aromatic heterocycles. The molecule has 1 aliphatic heterocycles. The molecule has 4 nitrogen and oxygen atoms in total. The Morgan fingerprint density at radius 2 is 1.94 bits per heavy atom. The van der Waals surface area contributed by atoms with E-state index in [-0.39, 0.29) is 5.41 Å². The third kappa shape index (κ3) is 3.54. The first-order chi connectivity index (χ1) is 8.05. The maximum absolute atomic E-state index is 5.34. The summed E-state index contributed by atoms with van der Waals surface area (Å²) in [5.41, 5.74) is 1.31. The molecule has 1 aliphatic rings. The van der Waals surface area contributed by atoms with Crippen LogP contribution in [0.3, 0.4) is 0 Å². The third-order valence-corrected chi connectivity index (χ3v) is 3.18. The smallest absolute Gasteiger partial charge is 0.0950 e. The second-order valence-corrected chi connectivity index (χ2v) is 5.70. The second kappa shape index (κ2) is 5.19. The van der Waals surface area contributed by atoms with Crippen LogP contribution in [-0.2, 0) is 16.7 Å². The predicted octanol–water partition coefficient (Wildman–Crippen LogP) is 1.51. The summed E-state index contributed by atoms with van der Waals surface area (Å²) in [6, 6.07) is 0. The van der Waals surface area contributed by atoms with Gasteiger partial charge < -0.3 is 9.30 Å². The van der Waals surface area contributed by atoms with Gasteiger partial charge >= 0.3 is 0 Å². The fraction of sp³-hybridized carbons (Fsp3) is 0.769. The molecule has 0 amide bonds. The molecule has 0 unspecified atom stereocenters. The van der Waals surface area contributed by atoms with Crippen molar-refractivity contribution in [1.82, 2.24) is 14.5 Å². The highest BCUT2D eigenvalue weighted by atomic mass is 16.5. The van der Waals surface area contributed by atoms with Crippen LogP contribution in [0.4, 0.5) is 0 Å². The number of hydrogen-bond acceptors (Lipinski definition) is 3. The fourth-order valence-corrected chi connectivity index (χ4v) is 1.95. The van der Waals surface area contributed by atoms with Gasteiger partial charge in [0, 0.05) is 37.8 Å². The standard InChI is InChI=1S/C13H23N3O/c1-13(2,3)12-10-16(11-14-12)5-4-15-6-8-17-9-7-15/h10-11H,4-9H2,1-3H3. The number of ether oxygens (including phenoxy) is 1. The zero-order valence-electron chi connectivity index (χ0n) is 11.1. The van der Waals surface area contributed by atoms with Crippen LogP contribution in [-0.4, -0.2) is 47.3 Å². The number of rotatable bonds is 3. The molecule has 0 aromatic carbocycles. The molecule has 1 saturated heterocycles. The van der Waals surface area contributed by atoms with Gasteiger partial charge in [0.2, 0.25) is 0 Å². The molecule has 0 radical (unpaired) electrons. The number of imidazole rings is 1. The fourth-order valence-electron chi connectivity index (χ4n) is 1.95. The number of nitrogens with zero attached hydrogens (tertiary/aromatic N) is 3. The minimum atomic E-state index is 0.143. The minimum absolute atomic E-state index is 0.143. The van der Waals surface area contributed by atoms with Gasteiger partial charge in [0.25, 0.3) is 0 Å². The molecule has 4 heteroatoms. The average molecular weight is 237 g/mol. The van der Waals surface area contributed by atoms with Crippen LogP contribution in [0.25, 0.3) is 0 Å². The first kappa shape index (κ1) is 12.6. The Hall–Kier alpha value is -0.870. The third-order valence-electron chi connectivity index (χ3n) is 3.18. The lowest BCUT2D eigenvalue weighted by molar-refractivity contribution is 0.0364. The molecule has 0 spiro atoms. The van der Waals surface area contributed by atoms with E-state index in [1.807, 2.05) is 6.33 Å². The van der Waals surface area contributed by atoms with E-state index in [1.165, 1.54) is 5.69 Å². The van der Waals surface area contributed by atoms with Crippen molar-refractivity contribution < 1.29 is 4.74 Å². The van der Waals surface area contributed by atoms with Crippen LogP contribution in [0.2, 0.25) is 0 Å². The molecule has 0 atom stereocenters. The lowest BCUT2D eigenvalue weighted by Crippen LogP contribution is -2.38. The van der Waals surface area contributed by atoms with E-state index in [4.69, 9.17) is 4.74 Å². The Morgan fingerprint density at radius 1 is 1.24 bits per heavy atom. The van der Waals surface area contributed by atoms with Gasteiger partial charge in [0.15, 0.2) is 0 Å². The lowest BCUT2D eigenvalue weighted by Gasteiger charge is -2.26. The van der Waals surface area contributed by atoms with Crippen LogP contribution in [0.15, 0.2) is 12.5 Å². The van der Waals surface area contributed by atoms with Crippen molar-refractivity contribution in [2.75, 3.05) is 32.8 Å². The zero-order chi connectivity index (χ0) is 12.3. The van der Waals surface area contributed by atoms with E-state index >= 15 is 0 Å². The Kier molecular flexibility index (Phi) is 3.84. The van der Waals surface area contributed by atoms with E-state index in [9.17, 15) is 0 Å². The molecule has 0 saturated carbocycles. The number of morpholine rings is 1. The Balaban J connectivity index is 1.84. The van der Waals surface area contributed by atoms with Crippen molar-refractivity contribution in [3.63, 3.8) is 0 Å². The number of aromatic nitrogens is 2. The van der Waals surface area contributed by atoms with E-state index < -0.39 is 0 Å². The van der Waals surface area contributed by atoms with Gasteiger partial charge in [0.1, 0.15) is 0 Å². The highest BCUT2D eigenvalue weighted by Crippen LogP contribution is 2.19. The molecule has 2 rings (SSSR count). The summed E-state index contributed by atoms with van der Waals surface area (Å²) in [6.07, 6.45) is 4.11. The van der Waals surface area contributed by atoms with Gasteiger partial charge in [-0.1, -0.05) is 20.8 Å². The first-order valence-corrected chi connectivity index (χ1v) is 6.38. The van der Waals surface area contributed by atoms with Crippen LogP contribution in [0.5, 0.6) is 0 Å². The first-order valence-electron chi connectivity index (χ1n) is 6.38. The molecular weight excluding hydrogens is 214 g/mol. The molecule has 1 fully saturated rings. The average Bonchev–Trinajstić information content (AvgIpc) is 2.76. The number of hydrogen-bond donors (Lipinski definition) is 0. The van der Waals surface area contributed by atoms with Gasteiger partial charge in [-0.25, -0.2) is 4.98 Å². The summed E-state index contributed by atoms with van der Waals surface area (Å²) in [6.45, 7) is 12.5. The summed E-state index contributed by atoms with van der Waals surface area (Å²) in [7, 11) is 0. The summed E-state index contributed by atoms with van der Waals surface area (Å²) >= 11 is 0. The summed E-state index contributed by atoms with van der Waals surface area (Å²) < 4.78 is 7.53. The summed E-state index contributed by atoms with van der Waals surface area (Å²) in [5.74, 6) is 0. The molecular formula is C13H23N3O. The summed E-state index contributed by atoms with van der Waals surface area (Å²) in [4.78, 5) is 6.92. The van der Waals surface area contributed by atoms with Gasteiger partial charge in [-0.3, -0.25) is 4.90 Å². The van der Waals surface area contributed by atoms with E-state index in [2.05, 4.69) is 41.4 Å². The van der Waals surface area contributed by atoms with Crippen molar-refractivity contribution in [3.05, 3.63) is 18.2 Å². The van der Waals surface area contributed by atoms with Crippen LogP contribution in [0.1, 0.15) is 26.5 Å². The van der Waals surface area contributed by atoms with Crippen molar-refractivity contribution in [3.8, 4) is 0 Å². The molecule has 2 heterocycles. The molecule has 0 N–H and O–H groups in total. The zero-order valence-corrected chi connectivity index (χ0v) is 11.1. The largest absolute Gasteiger partial charge is 0.379 e. The topological polar surface area (TPSA) is 30.3 Å². The van der Waals surface area contributed by atoms with Gasteiger partial charge in [-0.05, 0) is 0 Å². The highest BCUT2D eigenvalue weighted by molar-refractivity contribution is 5.08. The van der Waals surface area contributed by atoms with Gasteiger partial charge in [-0.2, -0.15) is 0 Å². The Morgan fingerprint density at radius 3 is 2.53 bits per heavy atom. The van der Waals surface area contributed by atoms with E-state index in [1.54, 1.807) is 0 Å². The van der Waals surface area contributed by atoms with Crippen molar-refractivity contribution in [1.29, 1.82) is 0 Å². The van der Waals surface area contributed by atoms with Gasteiger partial charge in [0.05, 0.1) is 25.2 Å². The van der Waals surface area contributed by atoms with Gasteiger partial charge in [-0.15, -0.1) is 0 Å². The molecule has 96 valence electrons. The minimum Gasteiger partial charge on any atom is -0.379 e. The van der Waals surface area contributed by atoms with Crippen molar-refractivity contribution in [2.45, 2.75) is 32.7 Å². The predicted molar refractivity (Wildman–Crippen MR) is 68.2 cm³/mol. The quantitative estimate of drug-likeness (QED) is 0.798. The molecule has 0 aliphatic carbocycles. The normalized spacial score (nSPS) is 18.5. The van der Waals surface area contributed by atoms with Crippen molar-refractivity contribution >= 4 is 0 Å². The Labute approximate surface area is 104 Å². The molecule has 17 heavy (non-hydrogen) atoms. The van der Waals surface area contributed by atoms with Crippen LogP contribution >= 0.6 is 0 Å². The van der Waals surface area contributed by atoms with Crippen LogP contribution < -0.4 is 0 Å². The molecule has 0 bridgehead atoms. The SMILES string of the molecule is CC(C)(C)c1cn(CCN2CCOCC2)cn1. The lowest BCUT2D eigenvalue weighted by atomic mass is 9.93. The van der Waals surface area contributed by atoms with Crippen LogP contribution in [0, 0.1) is 0 Å². The van der Waals surface area contributed by atoms with E-state index in [0.29, 0.717) is 0 Å². The maximum Gasteiger partial charge on any atom is 0.0950 e. The monoisotopic (exact) mass is 237 g/mol. The van der Waals surface area contributed by atoms with Crippen molar-refractivity contribution in [2.24, 2.45) is 0 Å². The maximum atomic E-state index is 5.34.